The molecule has 30 heavy (non-hydrogen) atoms. The van der Waals surface area contributed by atoms with Gasteiger partial charge in [0, 0.05) is 16.6 Å². The molecule has 1 unspecified atom stereocenters. The summed E-state index contributed by atoms with van der Waals surface area (Å²) in [7, 11) is 3.11. The van der Waals surface area contributed by atoms with Crippen LogP contribution < -0.4 is 20.1 Å². The van der Waals surface area contributed by atoms with Crippen molar-refractivity contribution in [2.24, 2.45) is 0 Å². The maximum atomic E-state index is 12.6. The zero-order valence-electron chi connectivity index (χ0n) is 16.8. The number of furan rings is 1. The third-order valence-electron chi connectivity index (χ3n) is 4.20. The molecule has 7 nitrogen and oxygen atoms in total. The van der Waals surface area contributed by atoms with Gasteiger partial charge in [0.2, 0.25) is 5.91 Å². The highest BCUT2D eigenvalue weighted by Gasteiger charge is 2.17. The average Bonchev–Trinajstić information content (AvgIpc) is 3.30. The summed E-state index contributed by atoms with van der Waals surface area (Å²) in [5.74, 6) is 0.936. The van der Waals surface area contributed by atoms with Gasteiger partial charge < -0.3 is 24.5 Å². The molecular weight excluding hydrogens is 404 g/mol. The first-order chi connectivity index (χ1) is 14.5. The summed E-state index contributed by atoms with van der Waals surface area (Å²) in [5, 5.41) is 5.28. The number of thioether (sulfide) groups is 1. The van der Waals surface area contributed by atoms with Crippen molar-refractivity contribution in [3.8, 4) is 11.5 Å². The number of carbonyl (C=O) groups excluding carboxylic acids is 2. The average molecular weight is 426 g/mol. The lowest BCUT2D eigenvalue weighted by atomic mass is 10.2. The summed E-state index contributed by atoms with van der Waals surface area (Å²) in [6.45, 7) is 1.82. The van der Waals surface area contributed by atoms with E-state index in [0.717, 1.165) is 4.90 Å². The Balaban J connectivity index is 1.59. The number of anilines is 2. The fraction of sp³-hybridized carbons (Fsp3) is 0.182. The van der Waals surface area contributed by atoms with E-state index in [4.69, 9.17) is 13.9 Å². The summed E-state index contributed by atoms with van der Waals surface area (Å²) >= 11 is 1.40. The van der Waals surface area contributed by atoms with E-state index in [1.54, 1.807) is 56.7 Å². The Morgan fingerprint density at radius 3 is 2.40 bits per heavy atom. The Morgan fingerprint density at radius 2 is 1.77 bits per heavy atom. The van der Waals surface area contributed by atoms with E-state index in [0.29, 0.717) is 22.9 Å². The maximum absolute atomic E-state index is 12.6. The van der Waals surface area contributed by atoms with Crippen LogP contribution in [-0.4, -0.2) is 31.3 Å². The lowest BCUT2D eigenvalue weighted by Crippen LogP contribution is -2.22. The molecule has 2 aromatic carbocycles. The number of hydrogen-bond acceptors (Lipinski definition) is 6. The minimum Gasteiger partial charge on any atom is -0.497 e. The van der Waals surface area contributed by atoms with Gasteiger partial charge in [-0.15, -0.1) is 11.8 Å². The molecule has 0 aliphatic heterocycles. The molecular formula is C22H22N2O5S. The topological polar surface area (TPSA) is 89.8 Å². The Kier molecular flexibility index (Phi) is 7.03. The molecule has 3 rings (SSSR count). The predicted octanol–water partition coefficient (Wildman–Crippen LogP) is 4.67. The first-order valence-electron chi connectivity index (χ1n) is 9.14. The van der Waals surface area contributed by atoms with Crippen LogP contribution in [0.15, 0.2) is 70.2 Å². The predicted molar refractivity (Wildman–Crippen MR) is 117 cm³/mol. The summed E-state index contributed by atoms with van der Waals surface area (Å²) in [6, 6.07) is 15.7. The normalized spacial score (nSPS) is 11.4. The van der Waals surface area contributed by atoms with Gasteiger partial charge in [0.25, 0.3) is 5.91 Å². The van der Waals surface area contributed by atoms with Crippen LogP contribution in [-0.2, 0) is 4.79 Å². The molecule has 0 aliphatic carbocycles. The SMILES string of the molecule is COc1ccc(OC)c(NC(=O)C(C)Sc2ccc(NC(=O)c3ccco3)cc2)c1. The molecule has 0 saturated heterocycles. The maximum Gasteiger partial charge on any atom is 0.291 e. The number of hydrogen-bond donors (Lipinski definition) is 2. The fourth-order valence-corrected chi connectivity index (χ4v) is 3.49. The summed E-state index contributed by atoms with van der Waals surface area (Å²) in [5.41, 5.74) is 1.18. The van der Waals surface area contributed by atoms with Gasteiger partial charge in [0.15, 0.2) is 5.76 Å². The van der Waals surface area contributed by atoms with Crippen molar-refractivity contribution >= 4 is 35.0 Å². The van der Waals surface area contributed by atoms with Gasteiger partial charge in [-0.1, -0.05) is 0 Å². The largest absolute Gasteiger partial charge is 0.497 e. The Hall–Kier alpha value is -3.39. The van der Waals surface area contributed by atoms with Gasteiger partial charge in [0.05, 0.1) is 31.4 Å². The van der Waals surface area contributed by atoms with Crippen molar-refractivity contribution in [3.05, 3.63) is 66.6 Å². The molecule has 8 heteroatoms. The summed E-state index contributed by atoms with van der Waals surface area (Å²) in [4.78, 5) is 25.5. The fourth-order valence-electron chi connectivity index (χ4n) is 2.62. The first kappa shape index (κ1) is 21.3. The molecule has 156 valence electrons. The molecule has 1 atom stereocenters. The van der Waals surface area contributed by atoms with Crippen molar-refractivity contribution in [2.45, 2.75) is 17.1 Å². The van der Waals surface area contributed by atoms with Crippen LogP contribution in [0.25, 0.3) is 0 Å². The van der Waals surface area contributed by atoms with E-state index in [1.807, 2.05) is 19.1 Å². The molecule has 1 aromatic heterocycles. The molecule has 0 aliphatic rings. The van der Waals surface area contributed by atoms with E-state index in [1.165, 1.54) is 18.0 Å². The highest BCUT2D eigenvalue weighted by Crippen LogP contribution is 2.31. The third kappa shape index (κ3) is 5.36. The van der Waals surface area contributed by atoms with Crippen LogP contribution in [0.2, 0.25) is 0 Å². The van der Waals surface area contributed by atoms with E-state index in [2.05, 4.69) is 10.6 Å². The van der Waals surface area contributed by atoms with Crippen LogP contribution in [0.3, 0.4) is 0 Å². The molecule has 2 amide bonds. The van der Waals surface area contributed by atoms with Crippen molar-refractivity contribution in [3.63, 3.8) is 0 Å². The minimum atomic E-state index is -0.357. The standard InChI is InChI=1S/C22H22N2O5S/c1-14(21(25)24-18-13-16(27-2)8-11-19(18)28-3)30-17-9-6-15(7-10-17)23-22(26)20-5-4-12-29-20/h4-14H,1-3H3,(H,23,26)(H,24,25). The van der Waals surface area contributed by atoms with Crippen molar-refractivity contribution in [1.29, 1.82) is 0 Å². The van der Waals surface area contributed by atoms with Crippen molar-refractivity contribution < 1.29 is 23.5 Å². The van der Waals surface area contributed by atoms with Gasteiger partial charge in [0.1, 0.15) is 11.5 Å². The minimum absolute atomic E-state index is 0.165. The Bertz CT molecular complexity index is 1000. The number of ether oxygens (including phenoxy) is 2. The highest BCUT2D eigenvalue weighted by atomic mass is 32.2. The Morgan fingerprint density at radius 1 is 1.00 bits per heavy atom. The number of methoxy groups -OCH3 is 2. The van der Waals surface area contributed by atoms with Gasteiger partial charge in [-0.2, -0.15) is 0 Å². The quantitative estimate of drug-likeness (QED) is 0.509. The molecule has 2 N–H and O–H groups in total. The first-order valence-corrected chi connectivity index (χ1v) is 10.0. The van der Waals surface area contributed by atoms with Crippen LogP contribution in [0.4, 0.5) is 11.4 Å². The monoisotopic (exact) mass is 426 g/mol. The van der Waals surface area contributed by atoms with E-state index < -0.39 is 0 Å². The van der Waals surface area contributed by atoms with Crippen molar-refractivity contribution in [1.82, 2.24) is 0 Å². The molecule has 0 saturated carbocycles. The zero-order chi connectivity index (χ0) is 21.5. The molecule has 0 bridgehead atoms. The second kappa shape index (κ2) is 9.89. The molecule has 0 fully saturated rings. The molecule has 0 radical (unpaired) electrons. The number of amides is 2. The number of benzene rings is 2. The van der Waals surface area contributed by atoms with Crippen LogP contribution in [0.5, 0.6) is 11.5 Å². The lowest BCUT2D eigenvalue weighted by molar-refractivity contribution is -0.115. The summed E-state index contributed by atoms with van der Waals surface area (Å²) < 4.78 is 15.6. The van der Waals surface area contributed by atoms with E-state index in [-0.39, 0.29) is 22.8 Å². The summed E-state index contributed by atoms with van der Waals surface area (Å²) in [6.07, 6.45) is 1.45. The second-order valence-electron chi connectivity index (χ2n) is 6.27. The smallest absolute Gasteiger partial charge is 0.291 e. The van der Waals surface area contributed by atoms with E-state index in [9.17, 15) is 9.59 Å². The van der Waals surface area contributed by atoms with Gasteiger partial charge >= 0.3 is 0 Å². The second-order valence-corrected chi connectivity index (χ2v) is 7.69. The highest BCUT2D eigenvalue weighted by molar-refractivity contribution is 8.00. The molecule has 1 heterocycles. The van der Waals surface area contributed by atoms with Crippen LogP contribution in [0, 0.1) is 0 Å². The number of rotatable bonds is 8. The van der Waals surface area contributed by atoms with E-state index >= 15 is 0 Å². The van der Waals surface area contributed by atoms with Crippen molar-refractivity contribution in [2.75, 3.05) is 24.9 Å². The zero-order valence-corrected chi connectivity index (χ0v) is 17.6. The van der Waals surface area contributed by atoms with Crippen LogP contribution >= 0.6 is 11.8 Å². The number of nitrogens with one attached hydrogen (secondary N) is 2. The van der Waals surface area contributed by atoms with Gasteiger partial charge in [-0.3, -0.25) is 9.59 Å². The van der Waals surface area contributed by atoms with Gasteiger partial charge in [-0.25, -0.2) is 0 Å². The third-order valence-corrected chi connectivity index (χ3v) is 5.32. The number of carbonyl (C=O) groups is 2. The molecule has 0 spiro atoms. The Labute approximate surface area is 178 Å². The van der Waals surface area contributed by atoms with Gasteiger partial charge in [-0.05, 0) is 55.5 Å². The molecule has 3 aromatic rings. The lowest BCUT2D eigenvalue weighted by Gasteiger charge is -2.15. The van der Waals surface area contributed by atoms with Crippen LogP contribution in [0.1, 0.15) is 17.5 Å².